The summed E-state index contributed by atoms with van der Waals surface area (Å²) in [6.45, 7) is 6.94. The summed E-state index contributed by atoms with van der Waals surface area (Å²) in [5, 5.41) is 3.31. The van der Waals surface area contributed by atoms with Gasteiger partial charge in [-0.2, -0.15) is 0 Å². The van der Waals surface area contributed by atoms with Crippen LogP contribution in [0, 0.1) is 6.92 Å². The summed E-state index contributed by atoms with van der Waals surface area (Å²) < 4.78 is 4.93. The number of rotatable bonds is 8. The third kappa shape index (κ3) is 4.84. The molecule has 0 heterocycles. The van der Waals surface area contributed by atoms with Gasteiger partial charge < -0.3 is 10.1 Å². The molecule has 0 aromatic heterocycles. The Balaban J connectivity index is 2.58. The topological polar surface area (TPSA) is 38.3 Å². The Morgan fingerprint density at radius 1 is 1.40 bits per heavy atom. The molecule has 0 radical (unpaired) electrons. The maximum Gasteiger partial charge on any atom is 0.325 e. The van der Waals surface area contributed by atoms with Crippen LogP contribution < -0.4 is 5.32 Å². The van der Waals surface area contributed by atoms with Crippen molar-refractivity contribution in [1.82, 2.24) is 5.32 Å². The molecule has 1 aromatic rings. The predicted octanol–water partition coefficient (Wildman–Crippen LogP) is 3.41. The molecule has 3 nitrogen and oxygen atoms in total. The molecular formula is C16H25NO2S. The van der Waals surface area contributed by atoms with Crippen molar-refractivity contribution in [2.75, 3.05) is 19.4 Å². The second-order valence-corrected chi connectivity index (χ2v) is 6.25. The molecule has 0 fully saturated rings. The number of benzene rings is 1. The van der Waals surface area contributed by atoms with E-state index in [1.54, 1.807) is 11.8 Å². The van der Waals surface area contributed by atoms with Gasteiger partial charge in [0.15, 0.2) is 0 Å². The van der Waals surface area contributed by atoms with Gasteiger partial charge in [-0.3, -0.25) is 4.79 Å². The van der Waals surface area contributed by atoms with Gasteiger partial charge in [0.25, 0.3) is 0 Å². The third-order valence-corrected chi connectivity index (χ3v) is 4.53. The van der Waals surface area contributed by atoms with Crippen LogP contribution in [0.2, 0.25) is 0 Å². The lowest BCUT2D eigenvalue weighted by Gasteiger charge is -2.27. The van der Waals surface area contributed by atoms with E-state index in [4.69, 9.17) is 4.74 Å². The number of ether oxygens (including phenoxy) is 1. The lowest BCUT2D eigenvalue weighted by molar-refractivity contribution is -0.148. The summed E-state index contributed by atoms with van der Waals surface area (Å²) in [6, 6.07) is 8.32. The molecule has 0 aliphatic rings. The minimum atomic E-state index is -0.597. The average molecular weight is 295 g/mol. The van der Waals surface area contributed by atoms with Gasteiger partial charge in [-0.05, 0) is 44.9 Å². The molecule has 1 atom stereocenters. The van der Waals surface area contributed by atoms with Gasteiger partial charge >= 0.3 is 5.97 Å². The summed E-state index contributed by atoms with van der Waals surface area (Å²) in [5.74, 6) is 0.698. The normalized spacial score (nSPS) is 13.8. The molecule has 0 bridgehead atoms. The summed E-state index contributed by atoms with van der Waals surface area (Å²) >= 11 is 1.79. The highest BCUT2D eigenvalue weighted by atomic mass is 32.2. The van der Waals surface area contributed by atoms with Crippen molar-refractivity contribution in [3.8, 4) is 0 Å². The number of hydrogen-bond acceptors (Lipinski definition) is 4. The molecule has 1 rings (SSSR count). The number of methoxy groups -OCH3 is 1. The molecule has 0 spiro atoms. The minimum absolute atomic E-state index is 0.184. The molecule has 0 aliphatic heterocycles. The maximum absolute atomic E-state index is 12.0. The molecule has 4 heteroatoms. The van der Waals surface area contributed by atoms with Crippen LogP contribution in [0.25, 0.3) is 0 Å². The van der Waals surface area contributed by atoms with E-state index in [0.717, 1.165) is 25.1 Å². The smallest absolute Gasteiger partial charge is 0.325 e. The monoisotopic (exact) mass is 295 g/mol. The highest BCUT2D eigenvalue weighted by Crippen LogP contribution is 2.25. The first-order chi connectivity index (χ1) is 9.53. The van der Waals surface area contributed by atoms with Gasteiger partial charge in [-0.15, -0.1) is 11.8 Å². The van der Waals surface area contributed by atoms with Crippen LogP contribution in [-0.4, -0.2) is 30.9 Å². The Morgan fingerprint density at radius 3 is 2.70 bits per heavy atom. The van der Waals surface area contributed by atoms with E-state index in [1.165, 1.54) is 17.6 Å². The molecule has 20 heavy (non-hydrogen) atoms. The van der Waals surface area contributed by atoms with E-state index in [1.807, 2.05) is 19.1 Å². The van der Waals surface area contributed by atoms with Crippen molar-refractivity contribution in [2.24, 2.45) is 0 Å². The molecule has 1 N–H and O–H groups in total. The van der Waals surface area contributed by atoms with E-state index >= 15 is 0 Å². The SMILES string of the molecule is CCCNC(C)(CCSc1ccccc1C)C(=O)OC. The second-order valence-electron chi connectivity index (χ2n) is 5.11. The van der Waals surface area contributed by atoms with E-state index in [2.05, 4.69) is 31.3 Å². The Hall–Kier alpha value is -1.00. The number of esters is 1. The Labute approximate surface area is 126 Å². The van der Waals surface area contributed by atoms with Gasteiger partial charge in [0.2, 0.25) is 0 Å². The Bertz CT molecular complexity index is 436. The number of hydrogen-bond donors (Lipinski definition) is 1. The van der Waals surface area contributed by atoms with Crippen LogP contribution >= 0.6 is 11.8 Å². The fourth-order valence-corrected chi connectivity index (χ4v) is 3.17. The summed E-state index contributed by atoms with van der Waals surface area (Å²) in [4.78, 5) is 13.2. The van der Waals surface area contributed by atoms with Crippen molar-refractivity contribution < 1.29 is 9.53 Å². The highest BCUT2D eigenvalue weighted by molar-refractivity contribution is 7.99. The average Bonchev–Trinajstić information content (AvgIpc) is 2.46. The molecule has 112 valence electrons. The Kier molecular flexibility index (Phi) is 7.10. The fourth-order valence-electron chi connectivity index (χ4n) is 1.97. The standard InChI is InChI=1S/C16H25NO2S/c1-5-11-17-16(3,15(18)19-4)10-12-20-14-9-7-6-8-13(14)2/h6-9,17H,5,10-12H2,1-4H3. The van der Waals surface area contributed by atoms with Crippen LogP contribution in [0.15, 0.2) is 29.2 Å². The minimum Gasteiger partial charge on any atom is -0.468 e. The van der Waals surface area contributed by atoms with Crippen molar-refractivity contribution in [3.63, 3.8) is 0 Å². The quantitative estimate of drug-likeness (QED) is 0.589. The number of carbonyl (C=O) groups is 1. The van der Waals surface area contributed by atoms with Crippen LogP contribution in [0.3, 0.4) is 0 Å². The maximum atomic E-state index is 12.0. The number of carbonyl (C=O) groups excluding carboxylic acids is 1. The van der Waals surface area contributed by atoms with E-state index in [0.29, 0.717) is 0 Å². The van der Waals surface area contributed by atoms with Crippen LogP contribution in [0.4, 0.5) is 0 Å². The van der Waals surface area contributed by atoms with Crippen LogP contribution in [-0.2, 0) is 9.53 Å². The largest absolute Gasteiger partial charge is 0.468 e. The molecule has 1 aromatic carbocycles. The number of thioether (sulfide) groups is 1. The second kappa shape index (κ2) is 8.32. The lowest BCUT2D eigenvalue weighted by Crippen LogP contribution is -2.50. The fraction of sp³-hybridized carbons (Fsp3) is 0.562. The van der Waals surface area contributed by atoms with E-state index < -0.39 is 5.54 Å². The molecule has 0 amide bonds. The van der Waals surface area contributed by atoms with Gasteiger partial charge in [0, 0.05) is 10.6 Å². The zero-order valence-corrected chi connectivity index (χ0v) is 13.7. The zero-order chi connectivity index (χ0) is 15.0. The lowest BCUT2D eigenvalue weighted by atomic mass is 9.99. The highest BCUT2D eigenvalue weighted by Gasteiger charge is 2.33. The third-order valence-electron chi connectivity index (χ3n) is 3.35. The first-order valence-electron chi connectivity index (χ1n) is 7.05. The molecular weight excluding hydrogens is 270 g/mol. The van der Waals surface area contributed by atoms with Crippen molar-refractivity contribution in [2.45, 2.75) is 44.0 Å². The van der Waals surface area contributed by atoms with E-state index in [9.17, 15) is 4.79 Å². The van der Waals surface area contributed by atoms with E-state index in [-0.39, 0.29) is 5.97 Å². The van der Waals surface area contributed by atoms with Crippen molar-refractivity contribution in [1.29, 1.82) is 0 Å². The van der Waals surface area contributed by atoms with Gasteiger partial charge in [0.05, 0.1) is 7.11 Å². The molecule has 0 saturated heterocycles. The predicted molar refractivity (Wildman–Crippen MR) is 85.2 cm³/mol. The summed E-state index contributed by atoms with van der Waals surface area (Å²) in [5.41, 5.74) is 0.680. The van der Waals surface area contributed by atoms with Crippen molar-refractivity contribution >= 4 is 17.7 Å². The summed E-state index contributed by atoms with van der Waals surface area (Å²) in [7, 11) is 1.45. The van der Waals surface area contributed by atoms with Gasteiger partial charge in [-0.25, -0.2) is 0 Å². The zero-order valence-electron chi connectivity index (χ0n) is 12.9. The first-order valence-corrected chi connectivity index (χ1v) is 8.04. The number of nitrogens with one attached hydrogen (secondary N) is 1. The van der Waals surface area contributed by atoms with Gasteiger partial charge in [0.1, 0.15) is 5.54 Å². The molecule has 1 unspecified atom stereocenters. The van der Waals surface area contributed by atoms with Crippen LogP contribution in [0.1, 0.15) is 32.3 Å². The van der Waals surface area contributed by atoms with Crippen molar-refractivity contribution in [3.05, 3.63) is 29.8 Å². The van der Waals surface area contributed by atoms with Crippen LogP contribution in [0.5, 0.6) is 0 Å². The Morgan fingerprint density at radius 2 is 2.10 bits per heavy atom. The summed E-state index contributed by atoms with van der Waals surface area (Å²) in [6.07, 6.45) is 1.75. The molecule has 0 aliphatic carbocycles. The number of aryl methyl sites for hydroxylation is 1. The molecule has 0 saturated carbocycles. The van der Waals surface area contributed by atoms with Gasteiger partial charge in [-0.1, -0.05) is 25.1 Å². The first kappa shape index (κ1) is 17.1.